The minimum Gasteiger partial charge on any atom is -0.348 e. The first-order valence-corrected chi connectivity index (χ1v) is 11.6. The highest BCUT2D eigenvalue weighted by Gasteiger charge is 2.22. The van der Waals surface area contributed by atoms with Crippen LogP contribution in [0.2, 0.25) is 0 Å². The van der Waals surface area contributed by atoms with Crippen molar-refractivity contribution in [1.82, 2.24) is 20.1 Å². The molecule has 2 aromatic heterocycles. The van der Waals surface area contributed by atoms with Crippen LogP contribution in [-0.2, 0) is 16.1 Å². The van der Waals surface area contributed by atoms with Crippen LogP contribution in [0.25, 0.3) is 17.3 Å². The molecule has 2 N–H and O–H groups in total. The molecule has 2 amide bonds. The molecule has 0 fully saturated rings. The summed E-state index contributed by atoms with van der Waals surface area (Å²) in [6, 6.07) is 9.64. The maximum Gasteiger partial charge on any atom is 0.251 e. The van der Waals surface area contributed by atoms with Crippen molar-refractivity contribution in [3.05, 3.63) is 83.1 Å². The molecule has 35 heavy (non-hydrogen) atoms. The number of rotatable bonds is 7. The Morgan fingerprint density at radius 1 is 1.11 bits per heavy atom. The van der Waals surface area contributed by atoms with Gasteiger partial charge in [-0.1, -0.05) is 38.5 Å². The molecule has 7 nitrogen and oxygen atoms in total. The normalized spacial score (nSPS) is 12.9. The Morgan fingerprint density at radius 2 is 1.89 bits per heavy atom. The molecular weight excluding hydrogens is 445 g/mol. The van der Waals surface area contributed by atoms with Crippen molar-refractivity contribution >= 4 is 29.3 Å². The van der Waals surface area contributed by atoms with E-state index in [-0.39, 0.29) is 30.1 Å². The Kier molecular flexibility index (Phi) is 7.19. The Hall–Kier alpha value is -4.07. The zero-order valence-electron chi connectivity index (χ0n) is 20.0. The van der Waals surface area contributed by atoms with Gasteiger partial charge < -0.3 is 10.6 Å². The molecule has 8 heteroatoms. The van der Waals surface area contributed by atoms with E-state index in [4.69, 9.17) is 0 Å². The van der Waals surface area contributed by atoms with Crippen LogP contribution in [0.4, 0.5) is 10.2 Å². The number of hydrogen-bond donors (Lipinski definition) is 2. The molecule has 1 aliphatic carbocycles. The van der Waals surface area contributed by atoms with E-state index >= 15 is 0 Å². The first-order valence-electron chi connectivity index (χ1n) is 11.6. The van der Waals surface area contributed by atoms with Crippen LogP contribution in [0.15, 0.2) is 60.4 Å². The van der Waals surface area contributed by atoms with E-state index in [9.17, 15) is 14.0 Å². The molecule has 1 aromatic carbocycles. The highest BCUT2D eigenvalue weighted by molar-refractivity contribution is 6.20. The smallest absolute Gasteiger partial charge is 0.251 e. The molecule has 2 heterocycles. The summed E-state index contributed by atoms with van der Waals surface area (Å²) in [5, 5.41) is 10.2. The summed E-state index contributed by atoms with van der Waals surface area (Å²) < 4.78 is 15.2. The first-order chi connectivity index (χ1) is 16.9. The number of aromatic nitrogens is 3. The maximum atomic E-state index is 13.4. The molecule has 4 rings (SSSR count). The van der Waals surface area contributed by atoms with Gasteiger partial charge in [-0.25, -0.2) is 14.1 Å². The number of amides is 2. The number of carbonyl (C=O) groups excluding carboxylic acids is 2. The summed E-state index contributed by atoms with van der Waals surface area (Å²) in [5.74, 6) is -0.296. The fourth-order valence-electron chi connectivity index (χ4n) is 3.70. The minimum atomic E-state index is -0.318. The van der Waals surface area contributed by atoms with Crippen LogP contribution in [0.1, 0.15) is 50.4 Å². The molecule has 0 saturated carbocycles. The highest BCUT2D eigenvalue weighted by atomic mass is 19.1. The first kappa shape index (κ1) is 24.1. The van der Waals surface area contributed by atoms with Gasteiger partial charge >= 0.3 is 0 Å². The van der Waals surface area contributed by atoms with Gasteiger partial charge in [0, 0.05) is 29.8 Å². The molecule has 0 unspecified atom stereocenters. The molecule has 0 spiro atoms. The van der Waals surface area contributed by atoms with E-state index in [2.05, 4.69) is 33.7 Å². The fourth-order valence-corrected chi connectivity index (χ4v) is 3.70. The molecule has 3 aromatic rings. The van der Waals surface area contributed by atoms with E-state index in [1.54, 1.807) is 35.3 Å². The van der Waals surface area contributed by atoms with Crippen molar-refractivity contribution in [2.45, 2.75) is 40.2 Å². The van der Waals surface area contributed by atoms with Crippen LogP contribution in [0, 0.1) is 11.7 Å². The van der Waals surface area contributed by atoms with Crippen molar-refractivity contribution in [3.63, 3.8) is 0 Å². The van der Waals surface area contributed by atoms with Crippen molar-refractivity contribution in [2.24, 2.45) is 5.92 Å². The maximum absolute atomic E-state index is 13.4. The molecule has 0 atom stereocenters. The van der Waals surface area contributed by atoms with Crippen molar-refractivity contribution in [2.75, 3.05) is 5.32 Å². The topological polar surface area (TPSA) is 88.9 Å². The summed E-state index contributed by atoms with van der Waals surface area (Å²) in [5.41, 5.74) is 4.75. The predicted octanol–water partition coefficient (Wildman–Crippen LogP) is 4.90. The third kappa shape index (κ3) is 5.54. The van der Waals surface area contributed by atoms with Crippen LogP contribution < -0.4 is 10.6 Å². The van der Waals surface area contributed by atoms with E-state index in [1.807, 2.05) is 26.0 Å². The Bertz CT molecular complexity index is 1290. The average Bonchev–Trinajstić information content (AvgIpc) is 3.16. The largest absolute Gasteiger partial charge is 0.348 e. The lowest BCUT2D eigenvalue weighted by Crippen LogP contribution is -2.24. The van der Waals surface area contributed by atoms with Gasteiger partial charge in [0.05, 0.1) is 17.6 Å². The van der Waals surface area contributed by atoms with Gasteiger partial charge in [-0.15, -0.1) is 0 Å². The third-order valence-corrected chi connectivity index (χ3v) is 5.83. The zero-order valence-corrected chi connectivity index (χ0v) is 20.0. The van der Waals surface area contributed by atoms with E-state index < -0.39 is 0 Å². The van der Waals surface area contributed by atoms with E-state index in [0.717, 1.165) is 28.9 Å². The van der Waals surface area contributed by atoms with Gasteiger partial charge in [-0.3, -0.25) is 9.59 Å². The molecule has 180 valence electrons. The Labute approximate surface area is 203 Å². The number of fused-ring (bicyclic) bond motifs is 1. The number of nitrogens with one attached hydrogen (secondary N) is 2. The summed E-state index contributed by atoms with van der Waals surface area (Å²) in [4.78, 5) is 29.3. The second-order valence-electron chi connectivity index (χ2n) is 8.69. The molecular formula is C27H28FN5O2. The standard InChI is InChI=1S/C27H28FN5O2/c1-4-18-5-11-22(23-16-31-33(24(23)13-18)21-9-7-20(28)8-10-21)27(35)30-15-19-6-12-25(29-14-19)32-26(34)17(2)3/h6-14,16-17H,4-5,15H2,1-3H3,(H,30,35)(H,29,32,34). The van der Waals surface area contributed by atoms with E-state index in [0.29, 0.717) is 17.8 Å². The summed E-state index contributed by atoms with van der Waals surface area (Å²) in [6.07, 6.45) is 8.78. The number of anilines is 1. The molecule has 1 aliphatic rings. The monoisotopic (exact) mass is 473 g/mol. The van der Waals surface area contributed by atoms with Crippen molar-refractivity contribution in [3.8, 4) is 5.69 Å². The fraction of sp³-hybridized carbons (Fsp3) is 0.259. The van der Waals surface area contributed by atoms with Crippen LogP contribution >= 0.6 is 0 Å². The number of benzene rings is 1. The van der Waals surface area contributed by atoms with Gasteiger partial charge in [-0.2, -0.15) is 5.10 Å². The van der Waals surface area contributed by atoms with Crippen LogP contribution in [0.3, 0.4) is 0 Å². The van der Waals surface area contributed by atoms with Gasteiger partial charge in [0.25, 0.3) is 5.91 Å². The number of pyridine rings is 1. The Balaban J connectivity index is 1.52. The molecule has 0 radical (unpaired) electrons. The lowest BCUT2D eigenvalue weighted by molar-refractivity contribution is -0.119. The molecule has 0 aliphatic heterocycles. The predicted molar refractivity (Wildman–Crippen MR) is 134 cm³/mol. The van der Waals surface area contributed by atoms with Gasteiger partial charge in [-0.05, 0) is 54.8 Å². The average molecular weight is 474 g/mol. The quantitative estimate of drug-likeness (QED) is 0.511. The van der Waals surface area contributed by atoms with Crippen molar-refractivity contribution < 1.29 is 14.0 Å². The van der Waals surface area contributed by atoms with Crippen LogP contribution in [-0.4, -0.2) is 26.6 Å². The van der Waals surface area contributed by atoms with Gasteiger partial charge in [0.2, 0.25) is 5.91 Å². The zero-order chi connectivity index (χ0) is 24.9. The van der Waals surface area contributed by atoms with Gasteiger partial charge in [0.15, 0.2) is 0 Å². The number of allylic oxidation sites excluding steroid dienone is 2. The summed E-state index contributed by atoms with van der Waals surface area (Å²) in [6.45, 7) is 5.99. The number of halogens is 1. The van der Waals surface area contributed by atoms with Gasteiger partial charge in [0.1, 0.15) is 11.6 Å². The Morgan fingerprint density at radius 3 is 2.54 bits per heavy atom. The number of nitrogens with zero attached hydrogens (tertiary/aromatic N) is 3. The number of carbonyl (C=O) groups is 2. The highest BCUT2D eigenvalue weighted by Crippen LogP contribution is 2.30. The molecule has 0 saturated heterocycles. The van der Waals surface area contributed by atoms with Crippen LogP contribution in [0.5, 0.6) is 0 Å². The lowest BCUT2D eigenvalue weighted by Gasteiger charge is -2.10. The lowest BCUT2D eigenvalue weighted by atomic mass is 10.1. The summed E-state index contributed by atoms with van der Waals surface area (Å²) in [7, 11) is 0. The SMILES string of the molecule is CCC1=Cc2c(cnn2-c2ccc(F)cc2)C(C(=O)NCc2ccc(NC(=O)C(C)C)nc2)=CC1. The minimum absolute atomic E-state index is 0.101. The van der Waals surface area contributed by atoms with E-state index in [1.165, 1.54) is 17.7 Å². The van der Waals surface area contributed by atoms with Crippen molar-refractivity contribution in [1.29, 1.82) is 0 Å². The summed E-state index contributed by atoms with van der Waals surface area (Å²) >= 11 is 0. The third-order valence-electron chi connectivity index (χ3n) is 5.83. The molecule has 0 bridgehead atoms. The second kappa shape index (κ2) is 10.5. The number of hydrogen-bond acceptors (Lipinski definition) is 4. The second-order valence-corrected chi connectivity index (χ2v) is 8.69.